The second-order valence-corrected chi connectivity index (χ2v) is 4.06. The van der Waals surface area contributed by atoms with Crippen molar-refractivity contribution in [2.75, 3.05) is 0 Å². The molecule has 0 aliphatic heterocycles. The summed E-state index contributed by atoms with van der Waals surface area (Å²) >= 11 is 10.1. The Bertz CT molecular complexity index is 300. The zero-order chi connectivity index (χ0) is 12.2. The summed E-state index contributed by atoms with van der Waals surface area (Å²) in [5.41, 5.74) is 0. The van der Waals surface area contributed by atoms with E-state index >= 15 is 0 Å². The van der Waals surface area contributed by atoms with Crippen LogP contribution in [0.3, 0.4) is 0 Å². The molecule has 0 unspecified atom stereocenters. The summed E-state index contributed by atoms with van der Waals surface area (Å²) in [7, 11) is 0. The van der Waals surface area contributed by atoms with Crippen LogP contribution in [0.4, 0.5) is 4.39 Å². The van der Waals surface area contributed by atoms with Gasteiger partial charge in [0, 0.05) is 0 Å². The lowest BCUT2D eigenvalue weighted by molar-refractivity contribution is -0.142. The average Bonchev–Trinajstić information content (AvgIpc) is 2.11. The minimum absolute atomic E-state index is 0.381. The number of amides is 1. The van der Waals surface area contributed by atoms with E-state index in [1.54, 1.807) is 13.8 Å². The van der Waals surface area contributed by atoms with Crippen LogP contribution in [0.2, 0.25) is 0 Å². The van der Waals surface area contributed by atoms with E-state index in [0.717, 1.165) is 0 Å². The van der Waals surface area contributed by atoms with E-state index in [4.69, 9.17) is 28.3 Å². The molecule has 0 bridgehead atoms. The maximum absolute atomic E-state index is 12.8. The molecule has 0 aromatic carbocycles. The van der Waals surface area contributed by atoms with Gasteiger partial charge in [0.1, 0.15) is 10.5 Å². The highest BCUT2D eigenvalue weighted by Gasteiger charge is 2.25. The highest BCUT2D eigenvalue weighted by Crippen LogP contribution is 2.15. The van der Waals surface area contributed by atoms with Crippen LogP contribution < -0.4 is 5.32 Å². The molecule has 0 radical (unpaired) electrons. The molecule has 7 heteroatoms. The monoisotopic (exact) mass is 257 g/mol. The normalized spacial score (nSPS) is 12.1. The molecule has 0 aromatic rings. The van der Waals surface area contributed by atoms with Gasteiger partial charge < -0.3 is 10.4 Å². The number of hydrogen-bond donors (Lipinski definition) is 2. The van der Waals surface area contributed by atoms with E-state index in [9.17, 15) is 14.0 Å². The third kappa shape index (κ3) is 4.48. The lowest BCUT2D eigenvalue weighted by atomic mass is 10.0. The number of halogens is 3. The van der Waals surface area contributed by atoms with Crippen molar-refractivity contribution in [3.8, 4) is 0 Å². The Labute approximate surface area is 96.0 Å². The van der Waals surface area contributed by atoms with Gasteiger partial charge in [-0.3, -0.25) is 4.79 Å². The molecule has 1 atom stereocenters. The first-order valence-electron chi connectivity index (χ1n) is 4.01. The smallest absolute Gasteiger partial charge is 0.326 e. The molecule has 0 heterocycles. The molecule has 0 aliphatic rings. The van der Waals surface area contributed by atoms with Crippen molar-refractivity contribution in [3.63, 3.8) is 0 Å². The molecule has 0 rings (SSSR count). The number of nitrogens with one attached hydrogen (secondary N) is 1. The summed E-state index contributed by atoms with van der Waals surface area (Å²) < 4.78 is 12.0. The maximum atomic E-state index is 12.8. The molecule has 0 spiro atoms. The first-order chi connectivity index (χ1) is 6.77. The molecular formula is C8H10Cl2FNO3. The Balaban J connectivity index is 4.65. The van der Waals surface area contributed by atoms with Crippen molar-refractivity contribution >= 4 is 35.1 Å². The Morgan fingerprint density at radius 3 is 2.07 bits per heavy atom. The van der Waals surface area contributed by atoms with Crippen molar-refractivity contribution in [1.29, 1.82) is 0 Å². The van der Waals surface area contributed by atoms with Gasteiger partial charge in [-0.15, -0.1) is 0 Å². The molecule has 15 heavy (non-hydrogen) atoms. The van der Waals surface area contributed by atoms with Gasteiger partial charge in [0.25, 0.3) is 5.91 Å². The zero-order valence-electron chi connectivity index (χ0n) is 8.05. The highest BCUT2D eigenvalue weighted by molar-refractivity contribution is 6.57. The fourth-order valence-corrected chi connectivity index (χ4v) is 0.976. The van der Waals surface area contributed by atoms with Crippen LogP contribution in [0.5, 0.6) is 0 Å². The zero-order valence-corrected chi connectivity index (χ0v) is 9.56. The van der Waals surface area contributed by atoms with Gasteiger partial charge in [-0.05, 0) is 5.92 Å². The molecule has 1 amide bonds. The highest BCUT2D eigenvalue weighted by atomic mass is 35.5. The van der Waals surface area contributed by atoms with Crippen LogP contribution >= 0.6 is 23.2 Å². The summed E-state index contributed by atoms with van der Waals surface area (Å²) in [5, 5.41) is 10.7. The molecule has 86 valence electrons. The second-order valence-electron chi connectivity index (χ2n) is 3.11. The summed E-state index contributed by atoms with van der Waals surface area (Å²) in [6.07, 6.45) is 0. The van der Waals surface area contributed by atoms with Crippen molar-refractivity contribution in [3.05, 3.63) is 10.3 Å². The summed E-state index contributed by atoms with van der Waals surface area (Å²) in [6, 6.07) is -1.18. The molecular weight excluding hydrogens is 248 g/mol. The van der Waals surface area contributed by atoms with Crippen molar-refractivity contribution in [1.82, 2.24) is 5.32 Å². The number of hydrogen-bond acceptors (Lipinski definition) is 2. The minimum atomic E-state index is -1.40. The van der Waals surface area contributed by atoms with Crippen LogP contribution in [0.15, 0.2) is 10.3 Å². The topological polar surface area (TPSA) is 66.4 Å². The SMILES string of the molecule is CC(C)[C@H](NC(=O)C(F)=C(Cl)Cl)C(=O)O. The molecule has 4 nitrogen and oxygen atoms in total. The first-order valence-corrected chi connectivity index (χ1v) is 4.77. The van der Waals surface area contributed by atoms with Gasteiger partial charge in [-0.25, -0.2) is 4.79 Å². The predicted octanol–water partition coefficient (Wildman–Crippen LogP) is 1.83. The number of aliphatic carboxylic acids is 1. The van der Waals surface area contributed by atoms with E-state index in [1.807, 2.05) is 5.32 Å². The molecule has 2 N–H and O–H groups in total. The van der Waals surface area contributed by atoms with Crippen LogP contribution in [0.1, 0.15) is 13.8 Å². The number of carboxylic acids is 1. The van der Waals surface area contributed by atoms with Crippen LogP contribution in [0, 0.1) is 5.92 Å². The first kappa shape index (κ1) is 14.2. The van der Waals surface area contributed by atoms with Gasteiger partial charge >= 0.3 is 5.97 Å². The maximum Gasteiger partial charge on any atom is 0.326 e. The molecule has 0 saturated heterocycles. The van der Waals surface area contributed by atoms with E-state index in [2.05, 4.69) is 0 Å². The van der Waals surface area contributed by atoms with Gasteiger partial charge in [-0.2, -0.15) is 4.39 Å². The van der Waals surface area contributed by atoms with Gasteiger partial charge in [0.2, 0.25) is 5.83 Å². The lowest BCUT2D eigenvalue weighted by Crippen LogP contribution is -2.44. The Morgan fingerprint density at radius 2 is 1.80 bits per heavy atom. The van der Waals surface area contributed by atoms with Gasteiger partial charge in [-0.1, -0.05) is 37.0 Å². The van der Waals surface area contributed by atoms with Gasteiger partial charge in [0.15, 0.2) is 0 Å². The van der Waals surface area contributed by atoms with Crippen LogP contribution in [-0.2, 0) is 9.59 Å². The van der Waals surface area contributed by atoms with Crippen molar-refractivity contribution < 1.29 is 19.1 Å². The summed E-state index contributed by atoms with van der Waals surface area (Å²) in [6.45, 7) is 3.14. The van der Waals surface area contributed by atoms with E-state index in [-0.39, 0.29) is 5.92 Å². The predicted molar refractivity (Wildman–Crippen MR) is 54.2 cm³/mol. The van der Waals surface area contributed by atoms with Crippen molar-refractivity contribution in [2.45, 2.75) is 19.9 Å². The molecule has 0 aromatic heterocycles. The second kappa shape index (κ2) is 5.92. The van der Waals surface area contributed by atoms with Crippen LogP contribution in [0.25, 0.3) is 0 Å². The number of carboxylic acid groups (broad SMARTS) is 1. The number of carbonyl (C=O) groups is 2. The van der Waals surface area contributed by atoms with Crippen molar-refractivity contribution in [2.24, 2.45) is 5.92 Å². The fraction of sp³-hybridized carbons (Fsp3) is 0.500. The largest absolute Gasteiger partial charge is 0.480 e. The summed E-state index contributed by atoms with van der Waals surface area (Å²) in [5.74, 6) is -4.27. The Hall–Kier alpha value is -0.810. The average molecular weight is 258 g/mol. The third-order valence-corrected chi connectivity index (χ3v) is 1.92. The standard InChI is InChI=1S/C8H10Cl2FNO3/c1-3(2)5(8(14)15)12-7(13)4(11)6(9)10/h3,5H,1-2H3,(H,12,13)(H,14,15)/t5-/m0/s1. The number of carbonyl (C=O) groups excluding carboxylic acids is 1. The quantitative estimate of drug-likeness (QED) is 0.756. The molecule has 0 saturated carbocycles. The van der Waals surface area contributed by atoms with E-state index < -0.39 is 28.2 Å². The number of rotatable bonds is 4. The Kier molecular flexibility index (Phi) is 5.60. The molecule has 0 fully saturated rings. The summed E-state index contributed by atoms with van der Waals surface area (Å²) in [4.78, 5) is 21.7. The van der Waals surface area contributed by atoms with Gasteiger partial charge in [0.05, 0.1) is 0 Å². The molecule has 0 aliphatic carbocycles. The van der Waals surface area contributed by atoms with E-state index in [1.165, 1.54) is 0 Å². The third-order valence-electron chi connectivity index (χ3n) is 1.58. The lowest BCUT2D eigenvalue weighted by Gasteiger charge is -2.17. The minimum Gasteiger partial charge on any atom is -0.480 e. The van der Waals surface area contributed by atoms with E-state index in [0.29, 0.717) is 0 Å². The fourth-order valence-electron chi connectivity index (χ4n) is 0.804. The van der Waals surface area contributed by atoms with Crippen LogP contribution in [-0.4, -0.2) is 23.0 Å². The Morgan fingerprint density at radius 1 is 1.33 bits per heavy atom.